The summed E-state index contributed by atoms with van der Waals surface area (Å²) in [6.45, 7) is 0. The number of benzene rings is 8. The quantitative estimate of drug-likeness (QED) is 0.181. The van der Waals surface area contributed by atoms with Crippen LogP contribution in [0.5, 0.6) is 0 Å². The van der Waals surface area contributed by atoms with E-state index in [4.69, 9.17) is 0 Å². The molecule has 0 aliphatic heterocycles. The SMILES string of the molecule is C(=C1\c2cc(-c3ccccc3)ccc2-c2cc3cc4c(cc3cc21)-c1ccc(-c2ccccc2)cc1/C4=C/c1ccccc1)/c1ccccc1. The third kappa shape index (κ3) is 4.77. The fourth-order valence-corrected chi connectivity index (χ4v) is 7.90. The Labute approximate surface area is 293 Å². The van der Waals surface area contributed by atoms with Crippen molar-refractivity contribution in [2.24, 2.45) is 0 Å². The molecule has 0 spiro atoms. The molecule has 10 rings (SSSR count). The molecule has 50 heavy (non-hydrogen) atoms. The second kappa shape index (κ2) is 11.6. The van der Waals surface area contributed by atoms with Crippen LogP contribution in [0.3, 0.4) is 0 Å². The van der Waals surface area contributed by atoms with Gasteiger partial charge >= 0.3 is 0 Å². The molecule has 232 valence electrons. The van der Waals surface area contributed by atoms with Crippen molar-refractivity contribution < 1.29 is 0 Å². The lowest BCUT2D eigenvalue weighted by atomic mass is 9.94. The molecule has 0 atom stereocenters. The van der Waals surface area contributed by atoms with E-state index in [2.05, 4.69) is 194 Å². The van der Waals surface area contributed by atoms with Gasteiger partial charge in [-0.3, -0.25) is 0 Å². The van der Waals surface area contributed by atoms with Gasteiger partial charge in [-0.25, -0.2) is 0 Å². The van der Waals surface area contributed by atoms with Crippen LogP contribution in [-0.4, -0.2) is 0 Å². The minimum Gasteiger partial charge on any atom is -0.0622 e. The highest BCUT2D eigenvalue weighted by Crippen LogP contribution is 2.51. The van der Waals surface area contributed by atoms with Gasteiger partial charge in [-0.05, 0) is 148 Å². The second-order valence-electron chi connectivity index (χ2n) is 13.3. The van der Waals surface area contributed by atoms with Crippen molar-refractivity contribution in [1.29, 1.82) is 0 Å². The minimum atomic E-state index is 1.21. The maximum atomic E-state index is 2.43. The summed E-state index contributed by atoms with van der Waals surface area (Å²) in [6.07, 6.45) is 4.72. The average Bonchev–Trinajstić information content (AvgIpc) is 3.64. The van der Waals surface area contributed by atoms with Crippen LogP contribution < -0.4 is 0 Å². The molecule has 0 heteroatoms. The maximum absolute atomic E-state index is 2.43. The van der Waals surface area contributed by atoms with E-state index in [9.17, 15) is 0 Å². The molecule has 2 aliphatic carbocycles. The largest absolute Gasteiger partial charge is 0.0622 e. The third-order valence-electron chi connectivity index (χ3n) is 10.3. The van der Waals surface area contributed by atoms with Gasteiger partial charge in [0.25, 0.3) is 0 Å². The summed E-state index contributed by atoms with van der Waals surface area (Å²) < 4.78 is 0. The first-order valence-electron chi connectivity index (χ1n) is 17.3. The molecule has 0 nitrogen and oxygen atoms in total. The van der Waals surface area contributed by atoms with Crippen molar-refractivity contribution in [1.82, 2.24) is 0 Å². The zero-order valence-corrected chi connectivity index (χ0v) is 27.5. The topological polar surface area (TPSA) is 0 Å². The molecular weight excluding hydrogens is 601 g/mol. The van der Waals surface area contributed by atoms with E-state index in [0.717, 1.165) is 0 Å². The highest BCUT2D eigenvalue weighted by molar-refractivity contribution is 6.14. The summed E-state index contributed by atoms with van der Waals surface area (Å²) in [5.74, 6) is 0. The molecule has 0 aromatic heterocycles. The molecule has 0 saturated heterocycles. The van der Waals surface area contributed by atoms with Gasteiger partial charge in [0.2, 0.25) is 0 Å². The van der Waals surface area contributed by atoms with Crippen molar-refractivity contribution in [3.8, 4) is 44.5 Å². The van der Waals surface area contributed by atoms with Gasteiger partial charge in [-0.1, -0.05) is 146 Å². The zero-order valence-electron chi connectivity index (χ0n) is 27.5. The first-order valence-corrected chi connectivity index (χ1v) is 17.3. The fourth-order valence-electron chi connectivity index (χ4n) is 7.90. The third-order valence-corrected chi connectivity index (χ3v) is 10.3. The molecule has 0 fully saturated rings. The molecule has 0 bridgehead atoms. The molecule has 0 N–H and O–H groups in total. The van der Waals surface area contributed by atoms with Crippen LogP contribution in [0.15, 0.2) is 182 Å². The van der Waals surface area contributed by atoms with Gasteiger partial charge in [-0.2, -0.15) is 0 Å². The van der Waals surface area contributed by atoms with E-state index < -0.39 is 0 Å². The molecule has 8 aromatic carbocycles. The number of rotatable bonds is 4. The summed E-state index contributed by atoms with van der Waals surface area (Å²) >= 11 is 0. The summed E-state index contributed by atoms with van der Waals surface area (Å²) in [5, 5.41) is 2.52. The van der Waals surface area contributed by atoms with E-state index in [1.165, 1.54) is 99.8 Å². The van der Waals surface area contributed by atoms with E-state index in [-0.39, 0.29) is 0 Å². The second-order valence-corrected chi connectivity index (χ2v) is 13.3. The molecule has 0 amide bonds. The van der Waals surface area contributed by atoms with Crippen LogP contribution in [0.25, 0.3) is 78.6 Å². The monoisotopic (exact) mass is 632 g/mol. The Hall–Kier alpha value is -6.50. The smallest absolute Gasteiger partial charge is 0.00923 e. The standard InChI is InChI=1S/C50H32/c1-5-13-33(14-6-1)25-43-45-27-37(35-17-9-3-10-18-35)21-23-41(45)47-29-40-32-50-44(26-34-15-7-2-8-16-34)46-28-38(36-19-11-4-12-20-36)22-24-42(46)48(50)30-39(40)31-49(43)47/h1-32H/b43-25-,44-26-. The van der Waals surface area contributed by atoms with Crippen LogP contribution >= 0.6 is 0 Å². The lowest BCUT2D eigenvalue weighted by Crippen LogP contribution is -1.87. The first-order chi connectivity index (χ1) is 24.8. The molecule has 0 saturated carbocycles. The zero-order chi connectivity index (χ0) is 33.0. The van der Waals surface area contributed by atoms with Crippen molar-refractivity contribution in [2.75, 3.05) is 0 Å². The van der Waals surface area contributed by atoms with Crippen LogP contribution in [0.2, 0.25) is 0 Å². The van der Waals surface area contributed by atoms with Crippen molar-refractivity contribution >= 4 is 34.1 Å². The number of hydrogen-bond acceptors (Lipinski definition) is 0. The van der Waals surface area contributed by atoms with Gasteiger partial charge in [0.1, 0.15) is 0 Å². The molecular formula is C50H32. The number of hydrogen-bond donors (Lipinski definition) is 0. The van der Waals surface area contributed by atoms with Gasteiger partial charge in [0.05, 0.1) is 0 Å². The highest BCUT2D eigenvalue weighted by atomic mass is 14.3. The van der Waals surface area contributed by atoms with Crippen LogP contribution in [0.1, 0.15) is 33.4 Å². The normalized spacial score (nSPS) is 14.1. The van der Waals surface area contributed by atoms with E-state index in [0.29, 0.717) is 0 Å². The predicted octanol–water partition coefficient (Wildman–Crippen LogP) is 13.3. The van der Waals surface area contributed by atoms with E-state index >= 15 is 0 Å². The lowest BCUT2D eigenvalue weighted by molar-refractivity contribution is 1.60. The lowest BCUT2D eigenvalue weighted by Gasteiger charge is -2.10. The fraction of sp³-hybridized carbons (Fsp3) is 0. The molecule has 0 unspecified atom stereocenters. The van der Waals surface area contributed by atoms with E-state index in [1.807, 2.05) is 0 Å². The van der Waals surface area contributed by atoms with Crippen molar-refractivity contribution in [3.63, 3.8) is 0 Å². The highest BCUT2D eigenvalue weighted by Gasteiger charge is 2.28. The Balaban J connectivity index is 1.18. The molecule has 0 heterocycles. The van der Waals surface area contributed by atoms with Gasteiger partial charge < -0.3 is 0 Å². The van der Waals surface area contributed by atoms with Crippen LogP contribution in [-0.2, 0) is 0 Å². The van der Waals surface area contributed by atoms with Crippen molar-refractivity contribution in [3.05, 3.63) is 215 Å². The summed E-state index contributed by atoms with van der Waals surface area (Å²) in [7, 11) is 0. The van der Waals surface area contributed by atoms with Crippen molar-refractivity contribution in [2.45, 2.75) is 0 Å². The summed E-state index contributed by atoms with van der Waals surface area (Å²) in [6, 6.07) is 66.5. The predicted molar refractivity (Wildman–Crippen MR) is 213 cm³/mol. The Bertz CT molecular complexity index is 2450. The Morgan fingerprint density at radius 1 is 0.240 bits per heavy atom. The molecule has 0 radical (unpaired) electrons. The Morgan fingerprint density at radius 2 is 0.580 bits per heavy atom. The van der Waals surface area contributed by atoms with Gasteiger partial charge in [-0.15, -0.1) is 0 Å². The molecule has 8 aromatic rings. The number of fused-ring (bicyclic) bond motifs is 7. The summed E-state index contributed by atoms with van der Waals surface area (Å²) in [4.78, 5) is 0. The summed E-state index contributed by atoms with van der Waals surface area (Å²) in [5.41, 5.74) is 20.2. The maximum Gasteiger partial charge on any atom is -0.00923 e. The Morgan fingerprint density at radius 3 is 0.980 bits per heavy atom. The first kappa shape index (κ1) is 28.5. The molecule has 2 aliphatic rings. The van der Waals surface area contributed by atoms with Crippen LogP contribution in [0.4, 0.5) is 0 Å². The van der Waals surface area contributed by atoms with Gasteiger partial charge in [0, 0.05) is 0 Å². The minimum absolute atomic E-state index is 1.21. The Kier molecular flexibility index (Phi) is 6.60. The van der Waals surface area contributed by atoms with Gasteiger partial charge in [0.15, 0.2) is 0 Å². The average molecular weight is 633 g/mol. The van der Waals surface area contributed by atoms with E-state index in [1.54, 1.807) is 0 Å². The van der Waals surface area contributed by atoms with Crippen LogP contribution in [0, 0.1) is 0 Å².